The van der Waals surface area contributed by atoms with Gasteiger partial charge in [-0.3, -0.25) is 19.2 Å². The van der Waals surface area contributed by atoms with Gasteiger partial charge < -0.3 is 21.3 Å². The second kappa shape index (κ2) is 22.6. The van der Waals surface area contributed by atoms with Crippen LogP contribution in [0.25, 0.3) is 0 Å². The molecule has 262 valence electrons. The molecule has 3 aromatic carbocycles. The molecule has 4 N–H and O–H groups in total. The first kappa shape index (κ1) is 39.5. The molecule has 0 atom stereocenters. The van der Waals surface area contributed by atoms with E-state index in [0.29, 0.717) is 12.2 Å². The summed E-state index contributed by atoms with van der Waals surface area (Å²) in [6, 6.07) is 33.3. The molecule has 3 amide bonds. The molecule has 3 aromatic rings. The van der Waals surface area contributed by atoms with Crippen LogP contribution in [0.3, 0.4) is 0 Å². The van der Waals surface area contributed by atoms with Gasteiger partial charge in [0.15, 0.2) is 5.12 Å². The molecule has 0 aliphatic rings. The second-order valence-electron chi connectivity index (χ2n) is 12.0. The van der Waals surface area contributed by atoms with Gasteiger partial charge in [0.1, 0.15) is 23.2 Å². The lowest BCUT2D eigenvalue weighted by Crippen LogP contribution is -2.41. The van der Waals surface area contributed by atoms with E-state index in [4.69, 9.17) is 0 Å². The zero-order valence-electron chi connectivity index (χ0n) is 28.8. The van der Waals surface area contributed by atoms with Gasteiger partial charge in [0, 0.05) is 19.2 Å². The standard InChI is InChI=1S/C39H51N4O4PS/c1-32(28-42-39(47)31-49-33(2)44)41-29-38(46)43-30-37(45)40-26-18-7-5-3-4-6-8-19-27-48(34-20-12-9-13-21-34,35-22-14-10-15-23-35)36-24-16-11-17-25-36/h9-17,20-25,41H,1,3-8,18-19,26-31H2,2H3,(H2-,40,42,43,45,46,47)/p+1. The maximum atomic E-state index is 12.1. The van der Waals surface area contributed by atoms with E-state index in [1.807, 2.05) is 0 Å². The summed E-state index contributed by atoms with van der Waals surface area (Å²) in [6.07, 6.45) is 10.3. The molecular weight excluding hydrogens is 651 g/mol. The Morgan fingerprint density at radius 2 is 0.980 bits per heavy atom. The van der Waals surface area contributed by atoms with Crippen LogP contribution >= 0.6 is 19.0 Å². The number of amides is 3. The lowest BCUT2D eigenvalue weighted by Gasteiger charge is -2.27. The molecule has 0 aromatic heterocycles. The number of unbranched alkanes of at least 4 members (excludes halogenated alkanes) is 7. The maximum Gasteiger partial charge on any atom is 0.239 e. The number of carbonyl (C=O) groups is 4. The quantitative estimate of drug-likeness (QED) is 0.0831. The van der Waals surface area contributed by atoms with Crippen LogP contribution in [0, 0.1) is 0 Å². The topological polar surface area (TPSA) is 116 Å². The first-order valence-electron chi connectivity index (χ1n) is 17.2. The van der Waals surface area contributed by atoms with Gasteiger partial charge in [0.2, 0.25) is 17.7 Å². The molecule has 8 nitrogen and oxygen atoms in total. The highest BCUT2D eigenvalue weighted by molar-refractivity contribution is 8.14. The number of benzene rings is 3. The smallest absolute Gasteiger partial charge is 0.239 e. The van der Waals surface area contributed by atoms with Crippen molar-refractivity contribution in [3.05, 3.63) is 103 Å². The number of nitrogens with one attached hydrogen (secondary N) is 4. The highest BCUT2D eigenvalue weighted by Gasteiger charge is 2.44. The SMILES string of the molecule is C=C(CNC(=O)CSC(C)=O)NCC(=O)NCC(=O)NCCCCCCCCCC[P+](c1ccccc1)(c1ccccc1)c1ccccc1. The molecule has 0 aliphatic heterocycles. The van der Waals surface area contributed by atoms with Crippen molar-refractivity contribution in [1.82, 2.24) is 21.3 Å². The Labute approximate surface area is 297 Å². The Hall–Kier alpha value is -3.94. The van der Waals surface area contributed by atoms with Crippen LogP contribution in [-0.4, -0.2) is 60.9 Å². The fourth-order valence-corrected chi connectivity index (χ4v) is 10.5. The summed E-state index contributed by atoms with van der Waals surface area (Å²) in [7, 11) is -1.75. The van der Waals surface area contributed by atoms with Crippen molar-refractivity contribution in [2.75, 3.05) is 38.1 Å². The Bertz CT molecular complexity index is 1360. The van der Waals surface area contributed by atoms with Crippen molar-refractivity contribution >= 4 is 57.8 Å². The normalized spacial score (nSPS) is 11.0. The van der Waals surface area contributed by atoms with Gasteiger partial charge >= 0.3 is 0 Å². The van der Waals surface area contributed by atoms with Crippen molar-refractivity contribution < 1.29 is 19.2 Å². The van der Waals surface area contributed by atoms with Crippen LogP contribution in [0.5, 0.6) is 0 Å². The second-order valence-corrected chi connectivity index (χ2v) is 16.8. The molecule has 49 heavy (non-hydrogen) atoms. The Morgan fingerprint density at radius 1 is 0.551 bits per heavy atom. The highest BCUT2D eigenvalue weighted by Crippen LogP contribution is 2.56. The first-order valence-corrected chi connectivity index (χ1v) is 20.2. The fourth-order valence-electron chi connectivity index (χ4n) is 5.64. The summed E-state index contributed by atoms with van der Waals surface area (Å²) >= 11 is 0.928. The first-order chi connectivity index (χ1) is 23.8. The van der Waals surface area contributed by atoms with E-state index in [9.17, 15) is 19.2 Å². The third kappa shape index (κ3) is 14.6. The van der Waals surface area contributed by atoms with Gasteiger partial charge in [0.05, 0.1) is 31.5 Å². The number of rotatable bonds is 23. The maximum absolute atomic E-state index is 12.1. The molecule has 0 unspecified atom stereocenters. The molecule has 0 aliphatic carbocycles. The van der Waals surface area contributed by atoms with Gasteiger partial charge in [0.25, 0.3) is 0 Å². The van der Waals surface area contributed by atoms with Crippen LogP contribution in [0.1, 0.15) is 58.3 Å². The van der Waals surface area contributed by atoms with E-state index in [1.54, 1.807) is 0 Å². The molecule has 0 saturated carbocycles. The number of hydrogen-bond donors (Lipinski definition) is 4. The lowest BCUT2D eigenvalue weighted by atomic mass is 10.1. The molecule has 3 rings (SSSR count). The molecule has 0 fully saturated rings. The number of thioether (sulfide) groups is 1. The Balaban J connectivity index is 1.26. The number of carbonyl (C=O) groups excluding carboxylic acids is 4. The monoisotopic (exact) mass is 703 g/mol. The molecule has 0 saturated heterocycles. The number of hydrogen-bond acceptors (Lipinski definition) is 6. The summed E-state index contributed by atoms with van der Waals surface area (Å²) in [6.45, 7) is 5.75. The largest absolute Gasteiger partial charge is 0.379 e. The Morgan fingerprint density at radius 3 is 1.49 bits per heavy atom. The van der Waals surface area contributed by atoms with Gasteiger partial charge in [-0.05, 0) is 55.7 Å². The van der Waals surface area contributed by atoms with Crippen molar-refractivity contribution in [2.24, 2.45) is 0 Å². The van der Waals surface area contributed by atoms with E-state index in [1.165, 1.54) is 61.1 Å². The van der Waals surface area contributed by atoms with Crippen molar-refractivity contribution in [2.45, 2.75) is 58.3 Å². The highest BCUT2D eigenvalue weighted by atomic mass is 32.2. The lowest BCUT2D eigenvalue weighted by molar-refractivity contribution is -0.125. The molecule has 0 bridgehead atoms. The van der Waals surface area contributed by atoms with Crippen molar-refractivity contribution in [3.8, 4) is 0 Å². The zero-order chi connectivity index (χ0) is 35.2. The Kier molecular flexibility index (Phi) is 18.3. The molecule has 0 heterocycles. The third-order valence-corrected chi connectivity index (χ3v) is 13.5. The third-order valence-electron chi connectivity index (χ3n) is 8.18. The van der Waals surface area contributed by atoms with E-state index in [2.05, 4.69) is 119 Å². The van der Waals surface area contributed by atoms with Crippen LogP contribution in [-0.2, 0) is 19.2 Å². The van der Waals surface area contributed by atoms with E-state index >= 15 is 0 Å². The average molecular weight is 704 g/mol. The van der Waals surface area contributed by atoms with E-state index < -0.39 is 7.26 Å². The molecular formula is C39H52N4O4PS+. The van der Waals surface area contributed by atoms with Gasteiger partial charge in [-0.25, -0.2) is 0 Å². The summed E-state index contributed by atoms with van der Waals surface area (Å²) < 4.78 is 0. The molecule has 0 spiro atoms. The minimum atomic E-state index is -1.75. The predicted octanol–water partition coefficient (Wildman–Crippen LogP) is 4.83. The van der Waals surface area contributed by atoms with Gasteiger partial charge in [-0.15, -0.1) is 0 Å². The van der Waals surface area contributed by atoms with Crippen LogP contribution in [0.4, 0.5) is 0 Å². The van der Waals surface area contributed by atoms with E-state index in [0.717, 1.165) is 31.0 Å². The summed E-state index contributed by atoms with van der Waals surface area (Å²) in [5, 5.41) is 15.1. The molecule has 10 heteroatoms. The van der Waals surface area contributed by atoms with Crippen LogP contribution in [0.15, 0.2) is 103 Å². The van der Waals surface area contributed by atoms with Gasteiger partial charge in [-0.2, -0.15) is 0 Å². The fraction of sp³-hybridized carbons (Fsp3) is 0.385. The van der Waals surface area contributed by atoms with Gasteiger partial charge in [-0.1, -0.05) is 105 Å². The van der Waals surface area contributed by atoms with Crippen LogP contribution in [0.2, 0.25) is 0 Å². The predicted molar refractivity (Wildman–Crippen MR) is 206 cm³/mol. The summed E-state index contributed by atoms with van der Waals surface area (Å²) in [5.74, 6) is -0.808. The van der Waals surface area contributed by atoms with Crippen molar-refractivity contribution in [3.63, 3.8) is 0 Å². The average Bonchev–Trinajstić information content (AvgIpc) is 3.13. The molecule has 0 radical (unpaired) electrons. The van der Waals surface area contributed by atoms with Crippen molar-refractivity contribution in [1.29, 1.82) is 0 Å². The zero-order valence-corrected chi connectivity index (χ0v) is 30.5. The minimum absolute atomic E-state index is 0.0429. The van der Waals surface area contributed by atoms with E-state index in [-0.39, 0.29) is 48.2 Å². The minimum Gasteiger partial charge on any atom is -0.379 e. The summed E-state index contributed by atoms with van der Waals surface area (Å²) in [5.41, 5.74) is 0.457. The summed E-state index contributed by atoms with van der Waals surface area (Å²) in [4.78, 5) is 46.7. The van der Waals surface area contributed by atoms with Crippen LogP contribution < -0.4 is 37.2 Å².